The predicted octanol–water partition coefficient (Wildman–Crippen LogP) is 3.46. The van der Waals surface area contributed by atoms with Crippen LogP contribution in [0.25, 0.3) is 0 Å². The number of rotatable bonds is 5. The van der Waals surface area contributed by atoms with Gasteiger partial charge in [-0.15, -0.1) is 0 Å². The van der Waals surface area contributed by atoms with E-state index in [1.54, 1.807) is 0 Å². The Morgan fingerprint density at radius 3 is 2.94 bits per heavy atom. The quantitative estimate of drug-likeness (QED) is 0.827. The fourth-order valence-electron chi connectivity index (χ4n) is 3.16. The molecule has 1 saturated heterocycles. The molecule has 4 atom stereocenters. The molecule has 4 unspecified atom stereocenters. The highest BCUT2D eigenvalue weighted by molar-refractivity contribution is 8.00. The smallest absolute Gasteiger partial charge is 0.0600 e. The summed E-state index contributed by atoms with van der Waals surface area (Å²) in [6, 6.07) is 0.681. The van der Waals surface area contributed by atoms with Crippen LogP contribution in [0.2, 0.25) is 0 Å². The second-order valence-corrected chi connectivity index (χ2v) is 7.54. The summed E-state index contributed by atoms with van der Waals surface area (Å²) < 4.78 is 5.70. The van der Waals surface area contributed by atoms with Gasteiger partial charge in [-0.2, -0.15) is 11.8 Å². The molecule has 1 saturated carbocycles. The van der Waals surface area contributed by atoms with Crippen molar-refractivity contribution in [2.75, 3.05) is 19.8 Å². The zero-order valence-corrected chi connectivity index (χ0v) is 12.8. The standard InChI is InChI=1S/C15H29NOS/c1-3-8-16-14-7-9-17-11-15(14)18-13-6-4-5-12(2)10-13/h12-16H,3-11H2,1-2H3. The van der Waals surface area contributed by atoms with Gasteiger partial charge in [0.2, 0.25) is 0 Å². The van der Waals surface area contributed by atoms with Crippen molar-refractivity contribution in [3.05, 3.63) is 0 Å². The van der Waals surface area contributed by atoms with Crippen LogP contribution in [0.15, 0.2) is 0 Å². The summed E-state index contributed by atoms with van der Waals surface area (Å²) in [6.07, 6.45) is 8.14. The SMILES string of the molecule is CCCNC1CCOCC1SC1CCCC(C)C1. The van der Waals surface area contributed by atoms with E-state index < -0.39 is 0 Å². The maximum atomic E-state index is 5.70. The average molecular weight is 271 g/mol. The molecule has 0 amide bonds. The third-order valence-electron chi connectivity index (χ3n) is 4.22. The minimum Gasteiger partial charge on any atom is -0.380 e. The Morgan fingerprint density at radius 2 is 2.17 bits per heavy atom. The van der Waals surface area contributed by atoms with Gasteiger partial charge in [-0.25, -0.2) is 0 Å². The largest absolute Gasteiger partial charge is 0.380 e. The van der Waals surface area contributed by atoms with Gasteiger partial charge in [0.05, 0.1) is 6.61 Å². The first-order chi connectivity index (χ1) is 8.79. The van der Waals surface area contributed by atoms with Gasteiger partial charge in [0, 0.05) is 23.1 Å². The van der Waals surface area contributed by atoms with Gasteiger partial charge < -0.3 is 10.1 Å². The first-order valence-electron chi connectivity index (χ1n) is 7.76. The van der Waals surface area contributed by atoms with Crippen molar-refractivity contribution >= 4 is 11.8 Å². The van der Waals surface area contributed by atoms with Crippen molar-refractivity contribution in [3.63, 3.8) is 0 Å². The van der Waals surface area contributed by atoms with Crippen LogP contribution in [0.1, 0.15) is 52.4 Å². The molecule has 1 N–H and O–H groups in total. The van der Waals surface area contributed by atoms with E-state index in [-0.39, 0.29) is 0 Å². The van der Waals surface area contributed by atoms with Crippen LogP contribution in [-0.4, -0.2) is 36.3 Å². The Hall–Kier alpha value is 0.270. The fourth-order valence-corrected chi connectivity index (χ4v) is 4.99. The molecule has 0 aromatic carbocycles. The number of thioether (sulfide) groups is 1. The van der Waals surface area contributed by atoms with E-state index in [1.807, 2.05) is 0 Å². The number of hydrogen-bond donors (Lipinski definition) is 1. The Bertz CT molecular complexity index is 237. The van der Waals surface area contributed by atoms with Crippen molar-refractivity contribution in [1.82, 2.24) is 5.32 Å². The van der Waals surface area contributed by atoms with Gasteiger partial charge in [0.1, 0.15) is 0 Å². The van der Waals surface area contributed by atoms with Crippen molar-refractivity contribution in [2.24, 2.45) is 5.92 Å². The van der Waals surface area contributed by atoms with Gasteiger partial charge >= 0.3 is 0 Å². The van der Waals surface area contributed by atoms with E-state index >= 15 is 0 Å². The lowest BCUT2D eigenvalue weighted by Crippen LogP contribution is -2.46. The molecule has 1 aliphatic carbocycles. The maximum absolute atomic E-state index is 5.70. The molecule has 2 fully saturated rings. The number of nitrogens with one attached hydrogen (secondary N) is 1. The lowest BCUT2D eigenvalue weighted by atomic mass is 9.90. The molecule has 106 valence electrons. The molecule has 1 aliphatic heterocycles. The highest BCUT2D eigenvalue weighted by atomic mass is 32.2. The summed E-state index contributed by atoms with van der Waals surface area (Å²) in [7, 11) is 0. The molecule has 2 nitrogen and oxygen atoms in total. The van der Waals surface area contributed by atoms with Crippen LogP contribution in [0.4, 0.5) is 0 Å². The number of hydrogen-bond acceptors (Lipinski definition) is 3. The van der Waals surface area contributed by atoms with Crippen molar-refractivity contribution in [2.45, 2.75) is 68.9 Å². The zero-order chi connectivity index (χ0) is 12.8. The lowest BCUT2D eigenvalue weighted by molar-refractivity contribution is 0.0830. The van der Waals surface area contributed by atoms with Crippen LogP contribution in [-0.2, 0) is 4.74 Å². The van der Waals surface area contributed by atoms with E-state index in [0.29, 0.717) is 11.3 Å². The first-order valence-corrected chi connectivity index (χ1v) is 8.70. The van der Waals surface area contributed by atoms with Gasteiger partial charge in [0.25, 0.3) is 0 Å². The molecule has 2 rings (SSSR count). The summed E-state index contributed by atoms with van der Waals surface area (Å²) in [5.41, 5.74) is 0. The summed E-state index contributed by atoms with van der Waals surface area (Å²) in [6.45, 7) is 7.72. The highest BCUT2D eigenvalue weighted by Gasteiger charge is 2.30. The van der Waals surface area contributed by atoms with Crippen LogP contribution in [0.3, 0.4) is 0 Å². The van der Waals surface area contributed by atoms with Crippen LogP contribution in [0.5, 0.6) is 0 Å². The fraction of sp³-hybridized carbons (Fsp3) is 1.00. The number of ether oxygens (including phenoxy) is 1. The van der Waals surface area contributed by atoms with Crippen molar-refractivity contribution < 1.29 is 4.74 Å². The molecule has 3 heteroatoms. The molecular weight excluding hydrogens is 242 g/mol. The van der Waals surface area contributed by atoms with Crippen LogP contribution < -0.4 is 5.32 Å². The molecule has 0 aromatic rings. The second-order valence-electron chi connectivity index (χ2n) is 5.99. The molecule has 0 spiro atoms. The molecule has 1 heterocycles. The predicted molar refractivity (Wildman–Crippen MR) is 80.3 cm³/mol. The molecular formula is C15H29NOS. The molecule has 0 radical (unpaired) electrons. The molecule has 0 bridgehead atoms. The third-order valence-corrected chi connectivity index (χ3v) is 5.84. The molecule has 2 aliphatic rings. The van der Waals surface area contributed by atoms with Crippen molar-refractivity contribution in [3.8, 4) is 0 Å². The minimum atomic E-state index is 0.681. The van der Waals surface area contributed by atoms with E-state index in [1.165, 1.54) is 38.5 Å². The first kappa shape index (κ1) is 14.7. The topological polar surface area (TPSA) is 21.3 Å². The Labute approximate surface area is 117 Å². The summed E-state index contributed by atoms with van der Waals surface area (Å²) >= 11 is 2.22. The Kier molecular flexibility index (Phi) is 6.33. The third kappa shape index (κ3) is 4.43. The van der Waals surface area contributed by atoms with E-state index in [0.717, 1.165) is 30.9 Å². The Balaban J connectivity index is 1.80. The van der Waals surface area contributed by atoms with Crippen LogP contribution >= 0.6 is 11.8 Å². The van der Waals surface area contributed by atoms with E-state index in [9.17, 15) is 0 Å². The van der Waals surface area contributed by atoms with Gasteiger partial charge in [-0.1, -0.05) is 26.7 Å². The lowest BCUT2D eigenvalue weighted by Gasteiger charge is -2.36. The monoisotopic (exact) mass is 271 g/mol. The normalized spacial score (nSPS) is 37.7. The minimum absolute atomic E-state index is 0.681. The molecule has 0 aromatic heterocycles. The van der Waals surface area contributed by atoms with E-state index in [4.69, 9.17) is 4.74 Å². The Morgan fingerprint density at radius 1 is 1.28 bits per heavy atom. The summed E-state index contributed by atoms with van der Waals surface area (Å²) in [5, 5.41) is 5.28. The maximum Gasteiger partial charge on any atom is 0.0600 e. The van der Waals surface area contributed by atoms with Gasteiger partial charge in [0.15, 0.2) is 0 Å². The average Bonchev–Trinajstić information content (AvgIpc) is 2.38. The van der Waals surface area contributed by atoms with E-state index in [2.05, 4.69) is 30.9 Å². The second kappa shape index (κ2) is 7.76. The van der Waals surface area contributed by atoms with Gasteiger partial charge in [-0.3, -0.25) is 0 Å². The van der Waals surface area contributed by atoms with Crippen LogP contribution in [0, 0.1) is 5.92 Å². The zero-order valence-electron chi connectivity index (χ0n) is 12.0. The summed E-state index contributed by atoms with van der Waals surface area (Å²) in [4.78, 5) is 0. The highest BCUT2D eigenvalue weighted by Crippen LogP contribution is 2.36. The van der Waals surface area contributed by atoms with Gasteiger partial charge in [-0.05, 0) is 38.1 Å². The summed E-state index contributed by atoms with van der Waals surface area (Å²) in [5.74, 6) is 0.933. The molecule has 18 heavy (non-hydrogen) atoms. The van der Waals surface area contributed by atoms with Crippen molar-refractivity contribution in [1.29, 1.82) is 0 Å².